The van der Waals surface area contributed by atoms with Crippen LogP contribution < -0.4 is 20.1 Å². The minimum atomic E-state index is 0. The number of thioether (sulfide) groups is 1. The van der Waals surface area contributed by atoms with E-state index >= 15 is 0 Å². The number of aromatic nitrogens is 3. The third-order valence-electron chi connectivity index (χ3n) is 4.84. The molecule has 3 rings (SSSR count). The molecule has 0 unspecified atom stereocenters. The van der Waals surface area contributed by atoms with Crippen LogP contribution in [-0.4, -0.2) is 53.4 Å². The summed E-state index contributed by atoms with van der Waals surface area (Å²) in [6.45, 7) is 10.1. The van der Waals surface area contributed by atoms with Gasteiger partial charge in [0.25, 0.3) is 0 Å². The maximum absolute atomic E-state index is 5.45. The molecule has 2 aromatic rings. The van der Waals surface area contributed by atoms with Crippen molar-refractivity contribution >= 4 is 41.7 Å². The molecule has 0 saturated heterocycles. The molecule has 178 valence electrons. The lowest BCUT2D eigenvalue weighted by Crippen LogP contribution is -2.38. The van der Waals surface area contributed by atoms with E-state index < -0.39 is 0 Å². The van der Waals surface area contributed by atoms with Gasteiger partial charge < -0.3 is 24.7 Å². The highest BCUT2D eigenvalue weighted by Crippen LogP contribution is 2.32. The summed E-state index contributed by atoms with van der Waals surface area (Å²) >= 11 is 1.65. The molecule has 1 aromatic heterocycles. The van der Waals surface area contributed by atoms with Crippen molar-refractivity contribution in [2.45, 2.75) is 51.7 Å². The van der Waals surface area contributed by atoms with Gasteiger partial charge in [-0.1, -0.05) is 31.7 Å². The minimum absolute atomic E-state index is 0. The topological polar surface area (TPSA) is 85.6 Å². The zero-order valence-electron chi connectivity index (χ0n) is 19.4. The second-order valence-electron chi connectivity index (χ2n) is 7.84. The van der Waals surface area contributed by atoms with Crippen LogP contribution in [0.25, 0.3) is 0 Å². The highest BCUT2D eigenvalue weighted by atomic mass is 127. The molecule has 1 aliphatic heterocycles. The first-order valence-corrected chi connectivity index (χ1v) is 12.2. The Kier molecular flexibility index (Phi) is 11.4. The Morgan fingerprint density at radius 3 is 2.75 bits per heavy atom. The summed E-state index contributed by atoms with van der Waals surface area (Å²) in [6.07, 6.45) is 4.74. The maximum Gasteiger partial charge on any atom is 0.231 e. The first-order chi connectivity index (χ1) is 15.1. The van der Waals surface area contributed by atoms with E-state index in [1.54, 1.807) is 11.8 Å². The molecular weight excluding hydrogens is 539 g/mol. The Hall–Kier alpha value is -1.69. The zero-order chi connectivity index (χ0) is 22.1. The van der Waals surface area contributed by atoms with E-state index in [2.05, 4.69) is 52.2 Å². The van der Waals surface area contributed by atoms with Crippen LogP contribution in [0, 0.1) is 5.92 Å². The van der Waals surface area contributed by atoms with Gasteiger partial charge in [0, 0.05) is 32.6 Å². The van der Waals surface area contributed by atoms with Crippen LogP contribution in [0.4, 0.5) is 0 Å². The number of rotatable bonds is 11. The summed E-state index contributed by atoms with van der Waals surface area (Å²) in [7, 11) is 0. The van der Waals surface area contributed by atoms with Crippen molar-refractivity contribution in [2.75, 3.05) is 32.7 Å². The molecular formula is C22H35IN6O2S. The molecule has 0 aliphatic carbocycles. The molecule has 1 aliphatic rings. The average Bonchev–Trinajstić information content (AvgIpc) is 3.37. The Labute approximate surface area is 212 Å². The fourth-order valence-electron chi connectivity index (χ4n) is 3.39. The first-order valence-electron chi connectivity index (χ1n) is 11.0. The highest BCUT2D eigenvalue weighted by Gasteiger charge is 2.13. The normalized spacial score (nSPS) is 12.7. The van der Waals surface area contributed by atoms with E-state index in [4.69, 9.17) is 14.5 Å². The molecule has 10 heteroatoms. The number of nitrogens with one attached hydrogen (secondary N) is 2. The third-order valence-corrected chi connectivity index (χ3v) is 5.51. The van der Waals surface area contributed by atoms with Crippen molar-refractivity contribution in [3.63, 3.8) is 0 Å². The lowest BCUT2D eigenvalue weighted by molar-refractivity contribution is 0.174. The fourth-order valence-corrected chi connectivity index (χ4v) is 3.92. The molecule has 2 heterocycles. The molecule has 8 nitrogen and oxygen atoms in total. The van der Waals surface area contributed by atoms with Crippen LogP contribution in [0.2, 0.25) is 0 Å². The van der Waals surface area contributed by atoms with E-state index in [1.165, 1.54) is 5.56 Å². The van der Waals surface area contributed by atoms with Gasteiger partial charge in [-0.3, -0.25) is 4.99 Å². The number of aliphatic imine (C=N–C) groups is 1. The summed E-state index contributed by atoms with van der Waals surface area (Å²) in [4.78, 5) is 4.72. The van der Waals surface area contributed by atoms with Crippen LogP contribution in [0.15, 0.2) is 28.3 Å². The van der Waals surface area contributed by atoms with Crippen molar-refractivity contribution < 1.29 is 9.47 Å². The summed E-state index contributed by atoms with van der Waals surface area (Å²) in [5.41, 5.74) is 1.21. The Morgan fingerprint density at radius 1 is 1.19 bits per heavy atom. The zero-order valence-corrected chi connectivity index (χ0v) is 22.5. The maximum atomic E-state index is 5.45. The van der Waals surface area contributed by atoms with Gasteiger partial charge in [0.2, 0.25) is 6.79 Å². The fraction of sp³-hybridized carbons (Fsp3) is 0.591. The molecule has 1 aromatic carbocycles. The van der Waals surface area contributed by atoms with Gasteiger partial charge in [0.1, 0.15) is 5.82 Å². The summed E-state index contributed by atoms with van der Waals surface area (Å²) in [5, 5.41) is 16.4. The van der Waals surface area contributed by atoms with Crippen molar-refractivity contribution in [1.82, 2.24) is 25.4 Å². The van der Waals surface area contributed by atoms with Crippen molar-refractivity contribution in [3.05, 3.63) is 29.6 Å². The number of ether oxygens (including phenoxy) is 2. The predicted molar refractivity (Wildman–Crippen MR) is 141 cm³/mol. The molecule has 0 atom stereocenters. The van der Waals surface area contributed by atoms with Crippen LogP contribution in [0.3, 0.4) is 0 Å². The standard InChI is InChI=1S/C22H34N6O2S.HI/c1-5-23-21(25-12-10-17-8-9-18-19(13-17)30-15-29-18)24-11-6-7-20-26-27-22(31-4)28(20)14-16(2)3;/h8-9,13,16H,5-7,10-12,14-15H2,1-4H3,(H2,23,24,25);1H. The predicted octanol–water partition coefficient (Wildman–Crippen LogP) is 3.73. The van der Waals surface area contributed by atoms with Gasteiger partial charge in [-0.05, 0) is 49.6 Å². The Bertz CT molecular complexity index is 874. The average molecular weight is 575 g/mol. The number of aryl methyl sites for hydroxylation is 1. The molecule has 0 fully saturated rings. The quantitative estimate of drug-likeness (QED) is 0.139. The largest absolute Gasteiger partial charge is 0.454 e. The second-order valence-corrected chi connectivity index (χ2v) is 8.61. The molecule has 0 spiro atoms. The number of benzene rings is 1. The molecule has 32 heavy (non-hydrogen) atoms. The Morgan fingerprint density at radius 2 is 2.00 bits per heavy atom. The highest BCUT2D eigenvalue weighted by molar-refractivity contribution is 14.0. The van der Waals surface area contributed by atoms with Crippen LogP contribution in [0.1, 0.15) is 38.6 Å². The van der Waals surface area contributed by atoms with Gasteiger partial charge in [0.05, 0.1) is 0 Å². The van der Waals surface area contributed by atoms with Crippen molar-refractivity contribution in [1.29, 1.82) is 0 Å². The molecule has 0 amide bonds. The third kappa shape index (κ3) is 7.72. The summed E-state index contributed by atoms with van der Waals surface area (Å²) in [5.74, 6) is 4.10. The van der Waals surface area contributed by atoms with Gasteiger partial charge in [-0.2, -0.15) is 0 Å². The molecule has 0 radical (unpaired) electrons. The van der Waals surface area contributed by atoms with Crippen LogP contribution in [0.5, 0.6) is 11.5 Å². The number of hydrogen-bond donors (Lipinski definition) is 2. The smallest absolute Gasteiger partial charge is 0.231 e. The number of guanidine groups is 1. The number of halogens is 1. The van der Waals surface area contributed by atoms with Gasteiger partial charge in [-0.15, -0.1) is 34.2 Å². The molecule has 0 bridgehead atoms. The van der Waals surface area contributed by atoms with Gasteiger partial charge >= 0.3 is 0 Å². The van der Waals surface area contributed by atoms with Gasteiger partial charge in [-0.25, -0.2) is 0 Å². The van der Waals surface area contributed by atoms with E-state index in [1.807, 2.05) is 18.4 Å². The van der Waals surface area contributed by atoms with E-state index in [9.17, 15) is 0 Å². The van der Waals surface area contributed by atoms with E-state index in [0.29, 0.717) is 12.7 Å². The van der Waals surface area contributed by atoms with Crippen molar-refractivity contribution in [3.8, 4) is 11.5 Å². The summed E-state index contributed by atoms with van der Waals surface area (Å²) < 4.78 is 13.1. The summed E-state index contributed by atoms with van der Waals surface area (Å²) in [6, 6.07) is 6.09. The lowest BCUT2D eigenvalue weighted by Gasteiger charge is -2.12. The van der Waals surface area contributed by atoms with Crippen LogP contribution >= 0.6 is 35.7 Å². The van der Waals surface area contributed by atoms with Crippen molar-refractivity contribution in [2.24, 2.45) is 10.9 Å². The van der Waals surface area contributed by atoms with E-state index in [-0.39, 0.29) is 24.0 Å². The monoisotopic (exact) mass is 574 g/mol. The number of nitrogens with zero attached hydrogens (tertiary/aromatic N) is 4. The second kappa shape index (κ2) is 13.8. The van der Waals surface area contributed by atoms with E-state index in [0.717, 1.165) is 73.9 Å². The Balaban J connectivity index is 0.00000363. The number of fused-ring (bicyclic) bond motifs is 1. The van der Waals surface area contributed by atoms with Crippen LogP contribution in [-0.2, 0) is 19.4 Å². The SMILES string of the molecule is CCNC(=NCCCc1nnc(SC)n1CC(C)C)NCCc1ccc2c(c1)OCO2.I. The molecule has 2 N–H and O–H groups in total. The minimum Gasteiger partial charge on any atom is -0.454 e. The molecule has 0 saturated carbocycles. The lowest BCUT2D eigenvalue weighted by atomic mass is 10.1. The van der Waals surface area contributed by atoms with Gasteiger partial charge in [0.15, 0.2) is 22.6 Å². The number of hydrogen-bond acceptors (Lipinski definition) is 6. The first kappa shape index (κ1) is 26.6.